The molecule has 0 saturated heterocycles. The first-order chi connectivity index (χ1) is 17.1. The summed E-state index contributed by atoms with van der Waals surface area (Å²) >= 11 is 1.59. The van der Waals surface area contributed by atoms with Crippen molar-refractivity contribution in [2.45, 2.75) is 45.6 Å². The number of carbonyl (C=O) groups is 1. The highest BCUT2D eigenvalue weighted by atomic mass is 32.1. The predicted octanol–water partition coefficient (Wildman–Crippen LogP) is 3.64. The van der Waals surface area contributed by atoms with Crippen molar-refractivity contribution < 1.29 is 4.79 Å². The van der Waals surface area contributed by atoms with E-state index in [0.717, 1.165) is 45.4 Å². The topological polar surface area (TPSA) is 116 Å². The van der Waals surface area contributed by atoms with Gasteiger partial charge in [-0.3, -0.25) is 9.20 Å². The van der Waals surface area contributed by atoms with Crippen LogP contribution in [-0.4, -0.2) is 45.2 Å². The Morgan fingerprint density at radius 2 is 1.91 bits per heavy atom. The van der Waals surface area contributed by atoms with Crippen LogP contribution in [0.25, 0.3) is 22.0 Å². The molecule has 0 aromatic carbocycles. The van der Waals surface area contributed by atoms with Crippen LogP contribution in [0.3, 0.4) is 0 Å². The molecule has 0 radical (unpaired) electrons. The number of rotatable bonds is 6. The fraction of sp³-hybridized carbons (Fsp3) is 0.292. The number of hydrogen-bond acceptors (Lipinski definition) is 8. The van der Waals surface area contributed by atoms with Crippen molar-refractivity contribution >= 4 is 22.9 Å². The first-order valence-corrected chi connectivity index (χ1v) is 12.3. The summed E-state index contributed by atoms with van der Waals surface area (Å²) in [6.45, 7) is 4.17. The van der Waals surface area contributed by atoms with Gasteiger partial charge in [-0.2, -0.15) is 0 Å². The summed E-state index contributed by atoms with van der Waals surface area (Å²) in [7, 11) is 0. The first kappa shape index (κ1) is 21.5. The van der Waals surface area contributed by atoms with Crippen LogP contribution in [0.2, 0.25) is 0 Å². The Balaban J connectivity index is 1.43. The lowest BCUT2D eigenvalue weighted by atomic mass is 9.83. The van der Waals surface area contributed by atoms with Gasteiger partial charge in [0.15, 0.2) is 5.65 Å². The van der Waals surface area contributed by atoms with E-state index in [9.17, 15) is 4.79 Å². The molecule has 1 saturated carbocycles. The van der Waals surface area contributed by atoms with Gasteiger partial charge < -0.3 is 5.32 Å². The maximum absolute atomic E-state index is 13.3. The molecule has 5 aromatic rings. The molecule has 5 aromatic heterocycles. The zero-order valence-corrected chi connectivity index (χ0v) is 20.2. The second kappa shape index (κ2) is 8.66. The Bertz CT molecular complexity index is 1530. The number of nitrogens with one attached hydrogen (secondary N) is 1. The van der Waals surface area contributed by atoms with Crippen molar-refractivity contribution in [2.75, 3.05) is 0 Å². The van der Waals surface area contributed by atoms with Gasteiger partial charge in [-0.25, -0.2) is 24.6 Å². The molecule has 1 N–H and O–H groups in total. The van der Waals surface area contributed by atoms with Crippen molar-refractivity contribution in [1.29, 1.82) is 0 Å². The van der Waals surface area contributed by atoms with Crippen LogP contribution in [0.5, 0.6) is 0 Å². The van der Waals surface area contributed by atoms with Gasteiger partial charge in [-0.15, -0.1) is 16.4 Å². The number of thiazole rings is 1. The Morgan fingerprint density at radius 3 is 2.63 bits per heavy atom. The smallest absolute Gasteiger partial charge is 0.253 e. The molecule has 6 rings (SSSR count). The second-order valence-electron chi connectivity index (χ2n) is 8.75. The highest BCUT2D eigenvalue weighted by Crippen LogP contribution is 2.37. The van der Waals surface area contributed by atoms with E-state index >= 15 is 0 Å². The van der Waals surface area contributed by atoms with Crippen LogP contribution in [0.1, 0.15) is 57.5 Å². The second-order valence-corrected chi connectivity index (χ2v) is 9.98. The van der Waals surface area contributed by atoms with Crippen LogP contribution in [-0.2, 0) is 6.54 Å². The Hall–Kier alpha value is -3.99. The third-order valence-electron chi connectivity index (χ3n) is 6.30. The minimum atomic E-state index is -0.214. The Morgan fingerprint density at radius 1 is 1.09 bits per heavy atom. The summed E-state index contributed by atoms with van der Waals surface area (Å²) in [5.41, 5.74) is 4.60. The third-order valence-corrected chi connectivity index (χ3v) is 7.24. The first-order valence-electron chi connectivity index (χ1n) is 11.5. The molecule has 0 spiro atoms. The van der Waals surface area contributed by atoms with Gasteiger partial charge >= 0.3 is 0 Å². The molecule has 1 fully saturated rings. The molecule has 35 heavy (non-hydrogen) atoms. The summed E-state index contributed by atoms with van der Waals surface area (Å²) in [5.74, 6) is 0.893. The van der Waals surface area contributed by atoms with E-state index in [1.807, 2.05) is 41.4 Å². The number of imidazole rings is 1. The normalized spacial score (nSPS) is 13.8. The fourth-order valence-electron chi connectivity index (χ4n) is 4.19. The minimum absolute atomic E-state index is 0.214. The molecule has 11 heteroatoms. The van der Waals surface area contributed by atoms with E-state index in [4.69, 9.17) is 4.98 Å². The van der Waals surface area contributed by atoms with Gasteiger partial charge in [-0.05, 0) is 32.8 Å². The standard InChI is InChI=1S/C24H23N9OS/c1-14-7-29-24(35-14)21-11-27-22-19(33-20(12-30-31-33)17-4-3-5-17)6-18(13-32(21)22)23(34)28-10-16-8-25-15(2)26-9-16/h6-9,11-13,17H,3-5,10H2,1-2H3,(H,28,34). The summed E-state index contributed by atoms with van der Waals surface area (Å²) in [6.07, 6.45) is 14.1. The Kier molecular flexibility index (Phi) is 5.33. The zero-order chi connectivity index (χ0) is 23.9. The average molecular weight is 486 g/mol. The lowest BCUT2D eigenvalue weighted by Crippen LogP contribution is -2.24. The molecule has 0 bridgehead atoms. The number of nitrogens with zero attached hydrogens (tertiary/aromatic N) is 8. The van der Waals surface area contributed by atoms with Gasteiger partial charge in [0.25, 0.3) is 5.91 Å². The number of hydrogen-bond donors (Lipinski definition) is 1. The van der Waals surface area contributed by atoms with E-state index in [-0.39, 0.29) is 5.91 Å². The van der Waals surface area contributed by atoms with E-state index in [1.165, 1.54) is 6.42 Å². The number of aryl methyl sites for hydroxylation is 2. The van der Waals surface area contributed by atoms with Crippen LogP contribution in [0.15, 0.2) is 43.2 Å². The number of pyridine rings is 1. The van der Waals surface area contributed by atoms with Crippen molar-refractivity contribution in [1.82, 2.24) is 44.6 Å². The van der Waals surface area contributed by atoms with Gasteiger partial charge in [0.2, 0.25) is 0 Å². The van der Waals surface area contributed by atoms with Crippen molar-refractivity contribution in [3.05, 3.63) is 70.8 Å². The summed E-state index contributed by atoms with van der Waals surface area (Å²) < 4.78 is 3.75. The van der Waals surface area contributed by atoms with E-state index < -0.39 is 0 Å². The van der Waals surface area contributed by atoms with E-state index in [2.05, 4.69) is 30.6 Å². The van der Waals surface area contributed by atoms with Crippen molar-refractivity contribution in [3.63, 3.8) is 0 Å². The summed E-state index contributed by atoms with van der Waals surface area (Å²) in [4.78, 5) is 32.0. The molecule has 5 heterocycles. The molecular formula is C24H23N9OS. The lowest BCUT2D eigenvalue weighted by Gasteiger charge is -2.25. The predicted molar refractivity (Wildman–Crippen MR) is 130 cm³/mol. The van der Waals surface area contributed by atoms with Gasteiger partial charge in [0, 0.05) is 47.7 Å². The monoisotopic (exact) mass is 485 g/mol. The van der Waals surface area contributed by atoms with Gasteiger partial charge in [-0.1, -0.05) is 11.6 Å². The zero-order valence-electron chi connectivity index (χ0n) is 19.3. The molecule has 10 nitrogen and oxygen atoms in total. The quantitative estimate of drug-likeness (QED) is 0.390. The van der Waals surface area contributed by atoms with Crippen LogP contribution in [0.4, 0.5) is 0 Å². The number of carbonyl (C=O) groups excluding carboxylic acids is 1. The van der Waals surface area contributed by atoms with Crippen LogP contribution >= 0.6 is 11.3 Å². The van der Waals surface area contributed by atoms with Crippen molar-refractivity contribution in [2.24, 2.45) is 0 Å². The highest BCUT2D eigenvalue weighted by molar-refractivity contribution is 7.14. The molecular weight excluding hydrogens is 462 g/mol. The van der Waals surface area contributed by atoms with E-state index in [1.54, 1.807) is 36.1 Å². The lowest BCUT2D eigenvalue weighted by molar-refractivity contribution is 0.0950. The average Bonchev–Trinajstić information content (AvgIpc) is 3.56. The molecule has 0 atom stereocenters. The molecule has 0 aliphatic heterocycles. The summed E-state index contributed by atoms with van der Waals surface area (Å²) in [5, 5.41) is 12.4. The molecule has 0 unspecified atom stereocenters. The van der Waals surface area contributed by atoms with E-state index in [0.29, 0.717) is 29.5 Å². The number of amides is 1. The number of fused-ring (bicyclic) bond motifs is 1. The van der Waals surface area contributed by atoms with Crippen LogP contribution in [0, 0.1) is 13.8 Å². The van der Waals surface area contributed by atoms with Gasteiger partial charge in [0.1, 0.15) is 22.2 Å². The van der Waals surface area contributed by atoms with Crippen LogP contribution < -0.4 is 5.32 Å². The third kappa shape index (κ3) is 3.97. The minimum Gasteiger partial charge on any atom is -0.348 e. The largest absolute Gasteiger partial charge is 0.348 e. The maximum Gasteiger partial charge on any atom is 0.253 e. The molecule has 176 valence electrons. The summed E-state index contributed by atoms with van der Waals surface area (Å²) in [6, 6.07) is 1.83. The van der Waals surface area contributed by atoms with Gasteiger partial charge in [0.05, 0.1) is 23.7 Å². The molecule has 1 amide bonds. The Labute approximate surface area is 205 Å². The molecule has 1 aliphatic carbocycles. The molecule has 1 aliphatic rings. The highest BCUT2D eigenvalue weighted by Gasteiger charge is 2.26. The van der Waals surface area contributed by atoms with Crippen molar-refractivity contribution in [3.8, 4) is 16.4 Å². The number of aromatic nitrogens is 8. The fourth-order valence-corrected chi connectivity index (χ4v) is 4.96. The maximum atomic E-state index is 13.3. The SMILES string of the molecule is Cc1ncc(CNC(=O)c2cc(-n3nncc3C3CCC3)c3ncc(-c4ncc(C)s4)n3c2)cn1.